The zero-order valence-electron chi connectivity index (χ0n) is 16.4. The van der Waals surface area contributed by atoms with Crippen molar-refractivity contribution in [3.8, 4) is 0 Å². The van der Waals surface area contributed by atoms with Crippen molar-refractivity contribution < 1.29 is 15.3 Å². The molecule has 27 heavy (non-hydrogen) atoms. The number of nitro groups is 1. The largest absolute Gasteiger partial charge is 0.434 e. The first-order valence-electron chi connectivity index (χ1n) is 8.61. The van der Waals surface area contributed by atoms with Gasteiger partial charge in [-0.25, -0.2) is 4.57 Å². The monoisotopic (exact) mass is 383 g/mol. The minimum absolute atomic E-state index is 0.0459. The van der Waals surface area contributed by atoms with Gasteiger partial charge in [0.2, 0.25) is 0 Å². The molecule has 11 heteroatoms. The molecule has 0 atom stereocenters. The van der Waals surface area contributed by atoms with Gasteiger partial charge in [0.05, 0.1) is 16.8 Å². The molecule has 0 saturated carbocycles. The van der Waals surface area contributed by atoms with Crippen LogP contribution >= 0.6 is 0 Å². The molecular weight excluding hydrogens is 354 g/mol. The minimum Gasteiger partial charge on any atom is -0.411 e. The Hall–Kier alpha value is -2.53. The van der Waals surface area contributed by atoms with Gasteiger partial charge in [-0.1, -0.05) is 15.3 Å². The van der Waals surface area contributed by atoms with E-state index in [0.717, 1.165) is 6.42 Å². The fraction of sp³-hybridized carbons (Fsp3) is 0.688. The third-order valence-electron chi connectivity index (χ3n) is 4.56. The smallest absolute Gasteiger partial charge is 0.411 e. The number of hydrogen-bond acceptors (Lipinski definition) is 9. The molecule has 0 bridgehead atoms. The maximum atomic E-state index is 11.0. The maximum absolute atomic E-state index is 11.0. The molecule has 0 fully saturated rings. The minimum atomic E-state index is -0.676. The highest BCUT2D eigenvalue weighted by atomic mass is 16.6. The van der Waals surface area contributed by atoms with Crippen LogP contribution < -0.4 is 10.6 Å². The standard InChI is InChI=1S/C16H29N7O4/c1-12(20-24)15(2,3)18-7-6-8-19-16(4,5)13(21-25)11-22-10-9-17-14(22)23(26)27/h9-10,18-19,24-25H,6-8,11H2,1-5H3. The summed E-state index contributed by atoms with van der Waals surface area (Å²) in [6.07, 6.45) is 3.57. The van der Waals surface area contributed by atoms with Gasteiger partial charge in [0.25, 0.3) is 0 Å². The Kier molecular flexibility index (Phi) is 7.85. The lowest BCUT2D eigenvalue weighted by Gasteiger charge is -2.28. The van der Waals surface area contributed by atoms with E-state index >= 15 is 0 Å². The summed E-state index contributed by atoms with van der Waals surface area (Å²) in [4.78, 5) is 14.1. The topological polar surface area (TPSA) is 150 Å². The number of rotatable bonds is 11. The van der Waals surface area contributed by atoms with Crippen LogP contribution in [-0.4, -0.2) is 60.5 Å². The molecule has 4 N–H and O–H groups in total. The number of hydrogen-bond donors (Lipinski definition) is 4. The van der Waals surface area contributed by atoms with Crippen LogP contribution in [0, 0.1) is 10.1 Å². The van der Waals surface area contributed by atoms with E-state index in [2.05, 4.69) is 25.9 Å². The van der Waals surface area contributed by atoms with Gasteiger partial charge in [-0.05, 0) is 59.1 Å². The van der Waals surface area contributed by atoms with Crippen molar-refractivity contribution in [3.05, 3.63) is 22.5 Å². The number of nitrogens with zero attached hydrogens (tertiary/aromatic N) is 5. The number of imidazole rings is 1. The Labute approximate surface area is 158 Å². The van der Waals surface area contributed by atoms with Gasteiger partial charge >= 0.3 is 5.95 Å². The molecule has 0 radical (unpaired) electrons. The Bertz CT molecular complexity index is 695. The number of oxime groups is 2. The second-order valence-corrected chi connectivity index (χ2v) is 7.30. The van der Waals surface area contributed by atoms with Crippen LogP contribution in [0.4, 0.5) is 5.95 Å². The highest BCUT2D eigenvalue weighted by molar-refractivity contribution is 5.92. The lowest BCUT2D eigenvalue weighted by atomic mass is 9.97. The van der Waals surface area contributed by atoms with Gasteiger partial charge in [-0.2, -0.15) is 0 Å². The first-order chi connectivity index (χ1) is 12.5. The summed E-state index contributed by atoms with van der Waals surface area (Å²) in [6.45, 7) is 10.6. The van der Waals surface area contributed by atoms with Crippen LogP contribution in [0.25, 0.3) is 0 Å². The van der Waals surface area contributed by atoms with Crippen LogP contribution in [0.1, 0.15) is 41.0 Å². The molecule has 1 aromatic heterocycles. The molecule has 0 aliphatic carbocycles. The van der Waals surface area contributed by atoms with Crippen LogP contribution in [0.2, 0.25) is 0 Å². The van der Waals surface area contributed by atoms with Gasteiger partial charge in [0.1, 0.15) is 24.7 Å². The van der Waals surface area contributed by atoms with E-state index in [4.69, 9.17) is 5.21 Å². The molecule has 1 heterocycles. The summed E-state index contributed by atoms with van der Waals surface area (Å²) >= 11 is 0. The van der Waals surface area contributed by atoms with Gasteiger partial charge in [-0.15, -0.1) is 0 Å². The fourth-order valence-electron chi connectivity index (χ4n) is 2.36. The zero-order valence-corrected chi connectivity index (χ0v) is 16.4. The first-order valence-corrected chi connectivity index (χ1v) is 8.61. The molecule has 0 unspecified atom stereocenters. The number of aromatic nitrogens is 2. The van der Waals surface area contributed by atoms with E-state index in [-0.39, 0.29) is 12.5 Å². The normalized spacial score (nSPS) is 13.8. The molecule has 0 amide bonds. The molecule has 11 nitrogen and oxygen atoms in total. The van der Waals surface area contributed by atoms with Gasteiger partial charge in [-0.3, -0.25) is 0 Å². The van der Waals surface area contributed by atoms with Crippen molar-refractivity contribution in [3.63, 3.8) is 0 Å². The highest BCUT2D eigenvalue weighted by Gasteiger charge is 2.28. The molecule has 0 aliphatic rings. The number of nitrogens with one attached hydrogen (secondary N) is 2. The Balaban J connectivity index is 2.58. The Morgan fingerprint density at radius 2 is 1.81 bits per heavy atom. The van der Waals surface area contributed by atoms with Crippen molar-refractivity contribution in [2.75, 3.05) is 13.1 Å². The summed E-state index contributed by atoms with van der Waals surface area (Å²) in [5.41, 5.74) is -0.152. The van der Waals surface area contributed by atoms with Crippen LogP contribution in [0.15, 0.2) is 22.7 Å². The lowest BCUT2D eigenvalue weighted by Crippen LogP contribution is -2.50. The molecule has 0 spiro atoms. The second-order valence-electron chi connectivity index (χ2n) is 7.30. The molecular formula is C16H29N7O4. The van der Waals surface area contributed by atoms with E-state index in [0.29, 0.717) is 24.5 Å². The zero-order chi connectivity index (χ0) is 20.7. The molecule has 0 saturated heterocycles. The van der Waals surface area contributed by atoms with Crippen molar-refractivity contribution in [2.45, 2.75) is 58.7 Å². The first kappa shape index (κ1) is 22.5. The lowest BCUT2D eigenvalue weighted by molar-refractivity contribution is -0.396. The van der Waals surface area contributed by atoms with E-state index in [1.807, 2.05) is 27.7 Å². The predicted molar refractivity (Wildman–Crippen MR) is 102 cm³/mol. The predicted octanol–water partition coefficient (Wildman–Crippen LogP) is 1.60. The summed E-state index contributed by atoms with van der Waals surface area (Å²) in [6, 6.07) is 0. The van der Waals surface area contributed by atoms with Crippen LogP contribution in [0.3, 0.4) is 0 Å². The third-order valence-corrected chi connectivity index (χ3v) is 4.56. The van der Waals surface area contributed by atoms with Crippen molar-refractivity contribution >= 4 is 17.4 Å². The van der Waals surface area contributed by atoms with Gasteiger partial charge < -0.3 is 31.2 Å². The van der Waals surface area contributed by atoms with E-state index < -0.39 is 16.0 Å². The average molecular weight is 383 g/mol. The van der Waals surface area contributed by atoms with E-state index in [1.54, 1.807) is 6.92 Å². The van der Waals surface area contributed by atoms with E-state index in [1.165, 1.54) is 17.0 Å². The van der Waals surface area contributed by atoms with Crippen molar-refractivity contribution in [1.82, 2.24) is 20.2 Å². The van der Waals surface area contributed by atoms with Gasteiger partial charge in [0, 0.05) is 0 Å². The third kappa shape index (κ3) is 6.29. The molecule has 0 aromatic carbocycles. The molecule has 0 aliphatic heterocycles. The van der Waals surface area contributed by atoms with E-state index in [9.17, 15) is 15.3 Å². The summed E-state index contributed by atoms with van der Waals surface area (Å²) in [5.74, 6) is -0.306. The second kappa shape index (κ2) is 9.42. The fourth-order valence-corrected chi connectivity index (χ4v) is 2.36. The summed E-state index contributed by atoms with van der Waals surface area (Å²) < 4.78 is 1.32. The Morgan fingerprint density at radius 1 is 1.22 bits per heavy atom. The summed E-state index contributed by atoms with van der Waals surface area (Å²) in [5, 5.41) is 42.4. The summed E-state index contributed by atoms with van der Waals surface area (Å²) in [7, 11) is 0. The van der Waals surface area contributed by atoms with Crippen LogP contribution in [0.5, 0.6) is 0 Å². The van der Waals surface area contributed by atoms with Crippen LogP contribution in [-0.2, 0) is 6.54 Å². The average Bonchev–Trinajstić information content (AvgIpc) is 3.06. The highest BCUT2D eigenvalue weighted by Crippen LogP contribution is 2.13. The van der Waals surface area contributed by atoms with Crippen molar-refractivity contribution in [1.29, 1.82) is 0 Å². The quantitative estimate of drug-likeness (QED) is 0.149. The SMILES string of the molecule is CC(=NO)C(C)(C)NCCCNC(C)(C)C(Cn1ccnc1[N+](=O)[O-])=NO. The molecule has 152 valence electrons. The molecule has 1 aromatic rings. The van der Waals surface area contributed by atoms with Crippen molar-refractivity contribution in [2.24, 2.45) is 10.3 Å². The maximum Gasteiger partial charge on any atom is 0.434 e. The molecule has 1 rings (SSSR count). The van der Waals surface area contributed by atoms with Gasteiger partial charge in [0.15, 0.2) is 0 Å². The Morgan fingerprint density at radius 3 is 2.33 bits per heavy atom.